The quantitative estimate of drug-likeness (QED) is 0.386. The number of benzene rings is 2. The van der Waals surface area contributed by atoms with Crippen LogP contribution in [-0.4, -0.2) is 52.7 Å². The molecule has 2 aromatic carbocycles. The number of aromatic carboxylic acids is 1. The topological polar surface area (TPSA) is 98.2 Å². The molecule has 1 aliphatic heterocycles. The van der Waals surface area contributed by atoms with Gasteiger partial charge in [-0.2, -0.15) is 0 Å². The van der Waals surface area contributed by atoms with E-state index in [1.165, 1.54) is 0 Å². The number of hydrogen-bond acceptors (Lipinski definition) is 5. The minimum atomic E-state index is -0.951. The molecule has 1 saturated heterocycles. The van der Waals surface area contributed by atoms with E-state index >= 15 is 0 Å². The lowest BCUT2D eigenvalue weighted by Crippen LogP contribution is -2.29. The molecule has 3 aromatic heterocycles. The highest BCUT2D eigenvalue weighted by molar-refractivity contribution is 5.88. The molecule has 1 unspecified atom stereocenters. The molecule has 0 radical (unpaired) electrons. The molecule has 0 spiro atoms. The summed E-state index contributed by atoms with van der Waals surface area (Å²) in [7, 11) is 1.99. The van der Waals surface area contributed by atoms with Crippen LogP contribution in [0.5, 0.6) is 0 Å². The Morgan fingerprint density at radius 1 is 1.00 bits per heavy atom. The summed E-state index contributed by atoms with van der Waals surface area (Å²) in [5.41, 5.74) is 4.21. The molecule has 9 heteroatoms. The third-order valence-corrected chi connectivity index (χ3v) is 7.12. The normalized spacial score (nSPS) is 16.0. The second-order valence-corrected chi connectivity index (χ2v) is 9.40. The van der Waals surface area contributed by atoms with Gasteiger partial charge in [0.25, 0.3) is 0 Å². The van der Waals surface area contributed by atoms with Gasteiger partial charge < -0.3 is 9.67 Å². The predicted octanol–water partition coefficient (Wildman–Crippen LogP) is 3.73. The van der Waals surface area contributed by atoms with Crippen molar-refractivity contribution in [2.75, 3.05) is 13.1 Å². The Balaban J connectivity index is 1.32. The summed E-state index contributed by atoms with van der Waals surface area (Å²) in [5, 5.41) is 9.14. The lowest BCUT2D eigenvalue weighted by atomic mass is 10.0. The van der Waals surface area contributed by atoms with E-state index < -0.39 is 5.97 Å². The fourth-order valence-corrected chi connectivity index (χ4v) is 5.15. The number of rotatable bonds is 6. The van der Waals surface area contributed by atoms with Crippen LogP contribution < -0.4 is 5.69 Å². The first-order valence-electron chi connectivity index (χ1n) is 12.2. The molecule has 1 N–H and O–H groups in total. The molecule has 6 rings (SSSR count). The largest absolute Gasteiger partial charge is 0.478 e. The van der Waals surface area contributed by atoms with Crippen molar-refractivity contribution >= 4 is 17.1 Å². The third kappa shape index (κ3) is 4.13. The molecule has 4 heterocycles. The van der Waals surface area contributed by atoms with Gasteiger partial charge in [-0.05, 0) is 53.9 Å². The number of pyridine rings is 1. The van der Waals surface area contributed by atoms with Crippen LogP contribution in [0.3, 0.4) is 0 Å². The second kappa shape index (κ2) is 9.18. The average molecular weight is 495 g/mol. The zero-order valence-corrected chi connectivity index (χ0v) is 20.4. The van der Waals surface area contributed by atoms with Crippen LogP contribution in [0.4, 0.5) is 0 Å². The lowest BCUT2D eigenvalue weighted by molar-refractivity contribution is 0.0697. The van der Waals surface area contributed by atoms with Gasteiger partial charge in [-0.25, -0.2) is 19.6 Å². The summed E-state index contributed by atoms with van der Waals surface area (Å²) in [5.74, 6) is 0.0551. The molecule has 37 heavy (non-hydrogen) atoms. The van der Waals surface area contributed by atoms with E-state index in [1.807, 2.05) is 58.8 Å². The standard InChI is InChI=1S/C28H26N6O3/c1-31-16-14-29-25(31)18-32-15-12-23(17-32)34-26-24(3-2-13-30-26)33(28(34)37)22-10-8-20(9-11-22)19-4-6-21(7-5-19)27(35)36/h2-11,13-14,16,23H,12,15,17-18H2,1H3,(H,35,36). The highest BCUT2D eigenvalue weighted by Crippen LogP contribution is 2.27. The Morgan fingerprint density at radius 2 is 1.73 bits per heavy atom. The van der Waals surface area contributed by atoms with E-state index in [2.05, 4.69) is 14.9 Å². The first kappa shape index (κ1) is 22.9. The predicted molar refractivity (Wildman–Crippen MR) is 140 cm³/mol. The van der Waals surface area contributed by atoms with E-state index in [9.17, 15) is 9.59 Å². The van der Waals surface area contributed by atoms with E-state index in [0.29, 0.717) is 5.65 Å². The van der Waals surface area contributed by atoms with Gasteiger partial charge in [0.2, 0.25) is 0 Å². The van der Waals surface area contributed by atoms with Crippen molar-refractivity contribution in [3.05, 3.63) is 101 Å². The van der Waals surface area contributed by atoms with Gasteiger partial charge in [-0.1, -0.05) is 24.3 Å². The minimum Gasteiger partial charge on any atom is -0.478 e. The van der Waals surface area contributed by atoms with Crippen LogP contribution in [0.15, 0.2) is 84.0 Å². The number of aryl methyl sites for hydroxylation is 1. The number of fused-ring (bicyclic) bond motifs is 1. The van der Waals surface area contributed by atoms with Crippen LogP contribution in [0.2, 0.25) is 0 Å². The van der Waals surface area contributed by atoms with Crippen LogP contribution in [-0.2, 0) is 13.6 Å². The van der Waals surface area contributed by atoms with Crippen LogP contribution in [0.1, 0.15) is 28.6 Å². The number of carboxylic acid groups (broad SMARTS) is 1. The number of carbonyl (C=O) groups is 1. The highest BCUT2D eigenvalue weighted by atomic mass is 16.4. The third-order valence-electron chi connectivity index (χ3n) is 7.12. The van der Waals surface area contributed by atoms with Gasteiger partial charge >= 0.3 is 11.7 Å². The van der Waals surface area contributed by atoms with Crippen LogP contribution in [0, 0.1) is 0 Å². The van der Waals surface area contributed by atoms with Crippen molar-refractivity contribution in [1.29, 1.82) is 0 Å². The molecule has 1 aliphatic rings. The van der Waals surface area contributed by atoms with E-state index in [1.54, 1.807) is 41.2 Å². The van der Waals surface area contributed by atoms with Crippen molar-refractivity contribution in [1.82, 2.24) is 28.6 Å². The number of imidazole rings is 2. The van der Waals surface area contributed by atoms with Crippen LogP contribution in [0.25, 0.3) is 28.0 Å². The van der Waals surface area contributed by atoms with Gasteiger partial charge in [0, 0.05) is 38.7 Å². The summed E-state index contributed by atoms with van der Waals surface area (Å²) in [4.78, 5) is 36.3. The maximum Gasteiger partial charge on any atom is 0.335 e. The molecule has 1 fully saturated rings. The number of carboxylic acids is 1. The van der Waals surface area contributed by atoms with Crippen molar-refractivity contribution < 1.29 is 9.90 Å². The van der Waals surface area contributed by atoms with E-state index in [-0.39, 0.29) is 17.3 Å². The van der Waals surface area contributed by atoms with Crippen molar-refractivity contribution in [2.24, 2.45) is 7.05 Å². The van der Waals surface area contributed by atoms with E-state index in [4.69, 9.17) is 5.11 Å². The molecule has 0 bridgehead atoms. The maximum atomic E-state index is 13.8. The monoisotopic (exact) mass is 494 g/mol. The zero-order valence-electron chi connectivity index (χ0n) is 20.4. The highest BCUT2D eigenvalue weighted by Gasteiger charge is 2.29. The fraction of sp³-hybridized carbons (Fsp3) is 0.214. The SMILES string of the molecule is Cn1ccnc1CN1CCC(n2c(=O)n(-c3ccc(-c4ccc(C(=O)O)cc4)cc3)c3cccnc32)C1. The summed E-state index contributed by atoms with van der Waals surface area (Å²) in [6.45, 7) is 2.39. The van der Waals surface area contributed by atoms with Crippen molar-refractivity contribution in [3.63, 3.8) is 0 Å². The van der Waals surface area contributed by atoms with Gasteiger partial charge in [0.05, 0.1) is 29.4 Å². The number of likely N-dealkylation sites (tertiary alicyclic amines) is 1. The number of nitrogens with zero attached hydrogens (tertiary/aromatic N) is 6. The summed E-state index contributed by atoms with van der Waals surface area (Å²) < 4.78 is 5.59. The zero-order chi connectivity index (χ0) is 25.5. The Kier molecular flexibility index (Phi) is 5.69. The number of aromatic nitrogens is 5. The van der Waals surface area contributed by atoms with Gasteiger partial charge in [-0.3, -0.25) is 14.0 Å². The molecule has 0 aliphatic carbocycles. The van der Waals surface area contributed by atoms with Crippen LogP contribution >= 0.6 is 0 Å². The molecule has 186 valence electrons. The molecule has 0 amide bonds. The molecular weight excluding hydrogens is 468 g/mol. The second-order valence-electron chi connectivity index (χ2n) is 9.40. The molecule has 9 nitrogen and oxygen atoms in total. The fourth-order valence-electron chi connectivity index (χ4n) is 5.15. The molecule has 1 atom stereocenters. The average Bonchev–Trinajstić information content (AvgIpc) is 3.61. The smallest absolute Gasteiger partial charge is 0.335 e. The first-order valence-corrected chi connectivity index (χ1v) is 12.2. The van der Waals surface area contributed by atoms with Crippen molar-refractivity contribution in [3.8, 4) is 16.8 Å². The Bertz CT molecular complexity index is 1650. The summed E-state index contributed by atoms with van der Waals surface area (Å²) >= 11 is 0. The minimum absolute atomic E-state index is 0.0263. The van der Waals surface area contributed by atoms with E-state index in [0.717, 1.165) is 54.2 Å². The summed E-state index contributed by atoms with van der Waals surface area (Å²) in [6, 6.07) is 18.3. The molecular formula is C28H26N6O3. The molecule has 0 saturated carbocycles. The maximum absolute atomic E-state index is 13.8. The molecule has 5 aromatic rings. The van der Waals surface area contributed by atoms with Gasteiger partial charge in [0.15, 0.2) is 5.65 Å². The van der Waals surface area contributed by atoms with Crippen molar-refractivity contribution in [2.45, 2.75) is 19.0 Å². The Morgan fingerprint density at radius 3 is 2.41 bits per heavy atom. The summed E-state index contributed by atoms with van der Waals surface area (Å²) in [6.07, 6.45) is 6.35. The Labute approximate surface area is 212 Å². The number of hydrogen-bond donors (Lipinski definition) is 1. The van der Waals surface area contributed by atoms with Gasteiger partial charge in [-0.15, -0.1) is 0 Å². The van der Waals surface area contributed by atoms with Gasteiger partial charge in [0.1, 0.15) is 5.82 Å². The first-order chi connectivity index (χ1) is 18.0. The lowest BCUT2D eigenvalue weighted by Gasteiger charge is -2.16. The Hall–Kier alpha value is -4.50.